The summed E-state index contributed by atoms with van der Waals surface area (Å²) in [4.78, 5) is 2.47. The van der Waals surface area contributed by atoms with Gasteiger partial charge in [-0.3, -0.25) is 14.7 Å². The van der Waals surface area contributed by atoms with Crippen LogP contribution in [0.1, 0.15) is 86.0 Å². The van der Waals surface area contributed by atoms with Crippen molar-refractivity contribution in [3.05, 3.63) is 46.0 Å². The molecule has 1 fully saturated rings. The molecule has 3 aromatic rings. The Morgan fingerprint density at radius 3 is 2.70 bits per heavy atom. The maximum absolute atomic E-state index is 10.1. The van der Waals surface area contributed by atoms with Gasteiger partial charge in [-0.15, -0.1) is 5.10 Å². The summed E-state index contributed by atoms with van der Waals surface area (Å²) in [7, 11) is 1.93. The summed E-state index contributed by atoms with van der Waals surface area (Å²) in [5.74, 6) is 1.31. The molecule has 2 aliphatic rings. The fourth-order valence-electron chi connectivity index (χ4n) is 5.50. The molecular formula is C30H41N7O3. The SMILES string of the molecule is C=Cc1n[nH]c2c1/C=C(\C)c1c(C)nn(C)c1OC(C)CN(C1CC1)Cc1c(c(OCC)nn1C(C)CO)/C=C/2. The molecule has 0 spiro atoms. The molecule has 2 N–H and O–H groups in total. The van der Waals surface area contributed by atoms with E-state index in [1.165, 1.54) is 0 Å². The van der Waals surface area contributed by atoms with Gasteiger partial charge in [0.2, 0.25) is 11.8 Å². The molecule has 40 heavy (non-hydrogen) atoms. The van der Waals surface area contributed by atoms with E-state index in [-0.39, 0.29) is 18.8 Å². The molecule has 10 heteroatoms. The van der Waals surface area contributed by atoms with Gasteiger partial charge in [-0.25, -0.2) is 4.68 Å². The summed E-state index contributed by atoms with van der Waals surface area (Å²) in [6.45, 7) is 16.0. The molecule has 1 saturated carbocycles. The van der Waals surface area contributed by atoms with E-state index in [9.17, 15) is 5.11 Å². The summed E-state index contributed by atoms with van der Waals surface area (Å²) < 4.78 is 16.4. The van der Waals surface area contributed by atoms with Crippen LogP contribution in [0.4, 0.5) is 0 Å². The smallest absolute Gasteiger partial charge is 0.240 e. The van der Waals surface area contributed by atoms with E-state index in [0.29, 0.717) is 25.1 Å². The number of aromatic amines is 1. The van der Waals surface area contributed by atoms with Crippen molar-refractivity contribution in [1.82, 2.24) is 34.7 Å². The number of hydrogen-bond donors (Lipinski definition) is 2. The number of aliphatic hydroxyl groups is 1. The summed E-state index contributed by atoms with van der Waals surface area (Å²) in [6.07, 6.45) is 10.2. The molecule has 4 heterocycles. The van der Waals surface area contributed by atoms with E-state index in [2.05, 4.69) is 41.6 Å². The van der Waals surface area contributed by atoms with E-state index >= 15 is 0 Å². The topological polar surface area (TPSA) is 106 Å². The van der Waals surface area contributed by atoms with Crippen molar-refractivity contribution in [3.63, 3.8) is 0 Å². The summed E-state index contributed by atoms with van der Waals surface area (Å²) in [6, 6.07) is 0.277. The highest BCUT2D eigenvalue weighted by molar-refractivity contribution is 5.88. The second-order valence-corrected chi connectivity index (χ2v) is 10.9. The van der Waals surface area contributed by atoms with Crippen LogP contribution in [-0.4, -0.2) is 71.7 Å². The normalized spacial score (nSPS) is 21.1. The number of hydrogen-bond acceptors (Lipinski definition) is 7. The second kappa shape index (κ2) is 11.5. The van der Waals surface area contributed by atoms with Crippen LogP contribution in [0.25, 0.3) is 29.9 Å². The van der Waals surface area contributed by atoms with Gasteiger partial charge >= 0.3 is 0 Å². The number of allylic oxidation sites excluding steroid dienone is 1. The molecule has 1 aliphatic heterocycles. The lowest BCUT2D eigenvalue weighted by Gasteiger charge is -2.27. The number of nitrogens with zero attached hydrogens (tertiary/aromatic N) is 6. The van der Waals surface area contributed by atoms with Crippen molar-refractivity contribution in [2.75, 3.05) is 19.8 Å². The van der Waals surface area contributed by atoms with E-state index in [0.717, 1.165) is 70.3 Å². The first-order valence-corrected chi connectivity index (χ1v) is 14.1. The predicted octanol–water partition coefficient (Wildman–Crippen LogP) is 4.72. The zero-order chi connectivity index (χ0) is 28.6. The summed E-state index contributed by atoms with van der Waals surface area (Å²) in [5, 5.41) is 27.3. The van der Waals surface area contributed by atoms with Crippen LogP contribution in [0.3, 0.4) is 0 Å². The molecule has 2 atom stereocenters. The number of fused-ring (bicyclic) bond motifs is 3. The fraction of sp³-hybridized carbons (Fsp3) is 0.500. The number of ether oxygens (including phenoxy) is 2. The fourth-order valence-corrected chi connectivity index (χ4v) is 5.50. The maximum Gasteiger partial charge on any atom is 0.240 e. The Balaban J connectivity index is 1.72. The highest BCUT2D eigenvalue weighted by Crippen LogP contribution is 2.36. The van der Waals surface area contributed by atoms with Crippen molar-refractivity contribution in [2.45, 2.75) is 72.2 Å². The van der Waals surface area contributed by atoms with Gasteiger partial charge in [0, 0.05) is 31.7 Å². The van der Waals surface area contributed by atoms with Crippen molar-refractivity contribution in [3.8, 4) is 11.8 Å². The lowest BCUT2D eigenvalue weighted by atomic mass is 10.0. The van der Waals surface area contributed by atoms with Gasteiger partial charge in [0.05, 0.1) is 53.2 Å². The molecule has 0 aromatic carbocycles. The van der Waals surface area contributed by atoms with Gasteiger partial charge in [0.1, 0.15) is 6.10 Å². The zero-order valence-corrected chi connectivity index (χ0v) is 24.4. The first kappa shape index (κ1) is 27.9. The maximum atomic E-state index is 10.1. The molecule has 1 aliphatic carbocycles. The number of aryl methyl sites for hydroxylation is 2. The summed E-state index contributed by atoms with van der Waals surface area (Å²) in [5.41, 5.74) is 7.37. The van der Waals surface area contributed by atoms with Gasteiger partial charge < -0.3 is 14.6 Å². The number of H-pyrrole nitrogens is 1. The van der Waals surface area contributed by atoms with Gasteiger partial charge in [-0.1, -0.05) is 6.58 Å². The Morgan fingerprint density at radius 2 is 2.02 bits per heavy atom. The average molecular weight is 548 g/mol. The van der Waals surface area contributed by atoms with Crippen LogP contribution < -0.4 is 9.47 Å². The van der Waals surface area contributed by atoms with Crippen molar-refractivity contribution >= 4 is 29.9 Å². The van der Waals surface area contributed by atoms with Crippen LogP contribution >= 0.6 is 0 Å². The predicted molar refractivity (Wildman–Crippen MR) is 158 cm³/mol. The molecule has 0 amide bonds. The van der Waals surface area contributed by atoms with E-state index in [4.69, 9.17) is 19.7 Å². The van der Waals surface area contributed by atoms with Crippen LogP contribution in [-0.2, 0) is 13.6 Å². The minimum absolute atomic E-state index is 0.0214. The molecule has 0 saturated heterocycles. The van der Waals surface area contributed by atoms with Crippen molar-refractivity contribution < 1.29 is 14.6 Å². The zero-order valence-electron chi connectivity index (χ0n) is 24.4. The number of aromatic nitrogens is 6. The Hall–Kier alpha value is -3.63. The monoisotopic (exact) mass is 547 g/mol. The second-order valence-electron chi connectivity index (χ2n) is 10.9. The van der Waals surface area contributed by atoms with E-state index in [1.807, 2.05) is 49.3 Å². The molecule has 2 unspecified atom stereocenters. The standard InChI is InChI=1S/C30H41N7O3/c1-8-25-24-14-18(3)28-21(6)33-35(7)30(28)40-20(5)15-36(22-10-11-22)16-27-23(12-13-26(24)32-31-25)29(39-9-2)34-37(27)19(4)17-38/h8,12-14,19-20,22,38H,1,9-11,15-17H2,2-7H3,(H,31,32)/b13-12+,18-14+. The average Bonchev–Trinajstić information content (AvgIpc) is 3.54. The molecule has 5 rings (SSSR count). The minimum atomic E-state index is -0.200. The minimum Gasteiger partial charge on any atom is -0.476 e. The first-order chi connectivity index (χ1) is 19.2. The third kappa shape index (κ3) is 5.38. The third-order valence-electron chi connectivity index (χ3n) is 7.60. The molecule has 10 nitrogen and oxygen atoms in total. The lowest BCUT2D eigenvalue weighted by Crippen LogP contribution is -2.36. The van der Waals surface area contributed by atoms with Crippen LogP contribution in [0.5, 0.6) is 11.8 Å². The van der Waals surface area contributed by atoms with Gasteiger partial charge in [0.15, 0.2) is 0 Å². The van der Waals surface area contributed by atoms with Crippen molar-refractivity contribution in [1.29, 1.82) is 0 Å². The Labute approximate surface area is 236 Å². The third-order valence-corrected chi connectivity index (χ3v) is 7.60. The molecule has 214 valence electrons. The van der Waals surface area contributed by atoms with Crippen molar-refractivity contribution in [2.24, 2.45) is 7.05 Å². The van der Waals surface area contributed by atoms with E-state index < -0.39 is 0 Å². The molecule has 3 aromatic heterocycles. The quantitative estimate of drug-likeness (QED) is 0.460. The number of nitrogens with one attached hydrogen (secondary N) is 1. The highest BCUT2D eigenvalue weighted by atomic mass is 16.5. The number of aliphatic hydroxyl groups excluding tert-OH is 1. The largest absolute Gasteiger partial charge is 0.476 e. The van der Waals surface area contributed by atoms with Gasteiger partial charge in [-0.2, -0.15) is 10.2 Å². The van der Waals surface area contributed by atoms with Gasteiger partial charge in [0.25, 0.3) is 0 Å². The van der Waals surface area contributed by atoms with Crippen LogP contribution in [0.2, 0.25) is 0 Å². The summed E-state index contributed by atoms with van der Waals surface area (Å²) >= 11 is 0. The van der Waals surface area contributed by atoms with Crippen LogP contribution in [0.15, 0.2) is 6.58 Å². The highest BCUT2D eigenvalue weighted by Gasteiger charge is 2.33. The Bertz CT molecular complexity index is 1440. The Morgan fingerprint density at radius 1 is 1.25 bits per heavy atom. The number of rotatable bonds is 6. The van der Waals surface area contributed by atoms with Crippen LogP contribution in [0, 0.1) is 6.92 Å². The molecule has 0 radical (unpaired) electrons. The molecular weight excluding hydrogens is 506 g/mol. The van der Waals surface area contributed by atoms with Gasteiger partial charge in [-0.05, 0) is 77.3 Å². The Kier molecular flexibility index (Phi) is 8.00. The van der Waals surface area contributed by atoms with E-state index in [1.54, 1.807) is 6.08 Å². The first-order valence-electron chi connectivity index (χ1n) is 14.1. The molecule has 0 bridgehead atoms. The lowest BCUT2D eigenvalue weighted by molar-refractivity contribution is 0.123.